The summed E-state index contributed by atoms with van der Waals surface area (Å²) in [6.45, 7) is -0.436. The highest BCUT2D eigenvalue weighted by atomic mass is 16.6. The highest BCUT2D eigenvalue weighted by Gasteiger charge is 2.44. The Labute approximate surface area is 153 Å². The van der Waals surface area contributed by atoms with Gasteiger partial charge in [0.1, 0.15) is 24.6 Å². The van der Waals surface area contributed by atoms with Crippen molar-refractivity contribution in [2.45, 2.75) is 24.5 Å². The summed E-state index contributed by atoms with van der Waals surface area (Å²) in [6, 6.07) is 8.65. The molecule has 0 spiro atoms. The molecule has 0 unspecified atom stereocenters. The SMILES string of the molecule is O=C(Nc1ncnc2c1ncn2[C@@H]1O[C@H](CO)[C@@H](O)[C@@H]1O)c1ccccc1. The van der Waals surface area contributed by atoms with Crippen molar-refractivity contribution >= 4 is 22.9 Å². The summed E-state index contributed by atoms with van der Waals surface area (Å²) in [5, 5.41) is 32.1. The van der Waals surface area contributed by atoms with Gasteiger partial charge in [-0.05, 0) is 12.1 Å². The van der Waals surface area contributed by atoms with E-state index in [0.29, 0.717) is 16.7 Å². The second-order valence-electron chi connectivity index (χ2n) is 6.10. The number of rotatable bonds is 4. The first-order valence-electron chi connectivity index (χ1n) is 8.26. The lowest BCUT2D eigenvalue weighted by atomic mass is 10.1. The predicted octanol–water partition coefficient (Wildman–Crippen LogP) is -0.310. The fourth-order valence-corrected chi connectivity index (χ4v) is 3.01. The zero-order valence-electron chi connectivity index (χ0n) is 14.0. The number of anilines is 1. The lowest BCUT2D eigenvalue weighted by Gasteiger charge is -2.16. The van der Waals surface area contributed by atoms with Crippen LogP contribution in [-0.2, 0) is 4.74 Å². The molecule has 1 aliphatic heterocycles. The predicted molar refractivity (Wildman–Crippen MR) is 92.7 cm³/mol. The molecule has 0 aliphatic carbocycles. The molecule has 27 heavy (non-hydrogen) atoms. The number of hydrogen-bond donors (Lipinski definition) is 4. The van der Waals surface area contributed by atoms with Crippen molar-refractivity contribution in [3.05, 3.63) is 48.5 Å². The van der Waals surface area contributed by atoms with Crippen LogP contribution in [0.25, 0.3) is 11.2 Å². The van der Waals surface area contributed by atoms with Crippen molar-refractivity contribution < 1.29 is 24.9 Å². The van der Waals surface area contributed by atoms with Crippen molar-refractivity contribution in [2.24, 2.45) is 0 Å². The van der Waals surface area contributed by atoms with Crippen molar-refractivity contribution in [3.8, 4) is 0 Å². The smallest absolute Gasteiger partial charge is 0.256 e. The quantitative estimate of drug-likeness (QED) is 0.489. The molecule has 1 fully saturated rings. The molecule has 3 aromatic rings. The average molecular weight is 371 g/mol. The van der Waals surface area contributed by atoms with E-state index < -0.39 is 31.1 Å². The van der Waals surface area contributed by atoms with Crippen LogP contribution < -0.4 is 5.32 Å². The van der Waals surface area contributed by atoms with Gasteiger partial charge in [0.2, 0.25) is 0 Å². The zero-order chi connectivity index (χ0) is 19.0. The fourth-order valence-electron chi connectivity index (χ4n) is 3.01. The van der Waals surface area contributed by atoms with E-state index in [9.17, 15) is 20.1 Å². The van der Waals surface area contributed by atoms with Crippen LogP contribution in [0.1, 0.15) is 16.6 Å². The number of amides is 1. The van der Waals surface area contributed by atoms with Crippen LogP contribution in [0.5, 0.6) is 0 Å². The van der Waals surface area contributed by atoms with E-state index in [2.05, 4.69) is 20.3 Å². The van der Waals surface area contributed by atoms with Gasteiger partial charge in [0.15, 0.2) is 23.2 Å². The summed E-state index contributed by atoms with van der Waals surface area (Å²) in [4.78, 5) is 24.8. The first-order valence-corrected chi connectivity index (χ1v) is 8.26. The molecule has 4 atom stereocenters. The normalized spacial score (nSPS) is 25.0. The highest BCUT2D eigenvalue weighted by molar-refractivity contribution is 6.06. The van der Waals surface area contributed by atoms with E-state index in [1.807, 2.05) is 6.07 Å². The minimum absolute atomic E-state index is 0.208. The molecule has 1 aliphatic rings. The van der Waals surface area contributed by atoms with Crippen LogP contribution in [0.4, 0.5) is 5.82 Å². The van der Waals surface area contributed by atoms with Crippen molar-refractivity contribution in [1.82, 2.24) is 19.5 Å². The molecule has 4 rings (SSSR count). The molecule has 140 valence electrons. The van der Waals surface area contributed by atoms with Crippen LogP contribution in [0.2, 0.25) is 0 Å². The largest absolute Gasteiger partial charge is 0.394 e. The van der Waals surface area contributed by atoms with Crippen molar-refractivity contribution in [3.63, 3.8) is 0 Å². The lowest BCUT2D eigenvalue weighted by molar-refractivity contribution is -0.0511. The Hall–Kier alpha value is -2.92. The molecule has 0 radical (unpaired) electrons. The van der Waals surface area contributed by atoms with Crippen molar-refractivity contribution in [2.75, 3.05) is 11.9 Å². The fraction of sp³-hybridized carbons (Fsp3) is 0.294. The first kappa shape index (κ1) is 17.5. The van der Waals surface area contributed by atoms with E-state index in [1.54, 1.807) is 24.3 Å². The number of carbonyl (C=O) groups is 1. The third-order valence-electron chi connectivity index (χ3n) is 4.42. The number of imidazole rings is 1. The summed E-state index contributed by atoms with van der Waals surface area (Å²) in [6.07, 6.45) is -1.77. The second-order valence-corrected chi connectivity index (χ2v) is 6.10. The topological polar surface area (TPSA) is 143 Å². The van der Waals surface area contributed by atoms with E-state index in [0.717, 1.165) is 0 Å². The number of hydrogen-bond acceptors (Lipinski definition) is 8. The van der Waals surface area contributed by atoms with E-state index in [-0.39, 0.29) is 11.7 Å². The summed E-state index contributed by atoms with van der Waals surface area (Å²) in [5.74, 6) is -0.141. The number of aliphatic hydroxyl groups is 3. The minimum atomic E-state index is -1.27. The van der Waals surface area contributed by atoms with Gasteiger partial charge < -0.3 is 25.4 Å². The number of aliphatic hydroxyl groups excluding tert-OH is 3. The molecular formula is C17H17N5O5. The van der Waals surface area contributed by atoms with Gasteiger partial charge in [-0.3, -0.25) is 9.36 Å². The summed E-state index contributed by atoms with van der Waals surface area (Å²) in [5.41, 5.74) is 1.08. The van der Waals surface area contributed by atoms with Crippen LogP contribution in [0.15, 0.2) is 43.0 Å². The van der Waals surface area contributed by atoms with Gasteiger partial charge in [-0.25, -0.2) is 15.0 Å². The molecule has 10 heteroatoms. The average Bonchev–Trinajstić information content (AvgIpc) is 3.25. The molecular weight excluding hydrogens is 354 g/mol. The number of carbonyl (C=O) groups excluding carboxylic acids is 1. The van der Waals surface area contributed by atoms with Crippen molar-refractivity contribution in [1.29, 1.82) is 0 Å². The molecule has 3 heterocycles. The maximum absolute atomic E-state index is 12.4. The summed E-state index contributed by atoms with van der Waals surface area (Å²) in [7, 11) is 0. The van der Waals surface area contributed by atoms with Gasteiger partial charge in [-0.15, -0.1) is 0 Å². The number of benzene rings is 1. The van der Waals surface area contributed by atoms with Gasteiger partial charge in [0, 0.05) is 5.56 Å². The number of nitrogens with one attached hydrogen (secondary N) is 1. The molecule has 10 nitrogen and oxygen atoms in total. The molecule has 4 N–H and O–H groups in total. The standard InChI is InChI=1S/C17H17N5O5/c23-6-10-12(24)13(25)17(27-10)22-8-20-11-14(18-7-19-15(11)22)21-16(26)9-4-2-1-3-5-9/h1-5,7-8,10,12-13,17,23-25H,6H2,(H,18,19,21,26)/t10-,12-,13+,17-/m1/s1. The first-order chi connectivity index (χ1) is 13.1. The third-order valence-corrected chi connectivity index (χ3v) is 4.42. The van der Waals surface area contributed by atoms with Gasteiger partial charge >= 0.3 is 0 Å². The second kappa shape index (κ2) is 7.00. The number of aromatic nitrogens is 4. The Morgan fingerprint density at radius 3 is 2.63 bits per heavy atom. The molecule has 0 bridgehead atoms. The molecule has 2 aromatic heterocycles. The van der Waals surface area contributed by atoms with Gasteiger partial charge in [0.25, 0.3) is 5.91 Å². The van der Waals surface area contributed by atoms with Gasteiger partial charge in [0.05, 0.1) is 12.9 Å². The Morgan fingerprint density at radius 1 is 1.15 bits per heavy atom. The maximum atomic E-state index is 12.4. The van der Waals surface area contributed by atoms with E-state index in [4.69, 9.17) is 4.74 Å². The zero-order valence-corrected chi connectivity index (χ0v) is 14.0. The number of fused-ring (bicyclic) bond motifs is 1. The van der Waals surface area contributed by atoms with Gasteiger partial charge in [-0.1, -0.05) is 18.2 Å². The number of nitrogens with zero attached hydrogens (tertiary/aromatic N) is 4. The Bertz CT molecular complexity index is 963. The maximum Gasteiger partial charge on any atom is 0.256 e. The van der Waals surface area contributed by atoms with E-state index in [1.165, 1.54) is 17.2 Å². The molecule has 1 aromatic carbocycles. The minimum Gasteiger partial charge on any atom is -0.394 e. The van der Waals surface area contributed by atoms with Crippen LogP contribution in [-0.4, -0.2) is 65.7 Å². The Balaban J connectivity index is 1.65. The lowest BCUT2D eigenvalue weighted by Crippen LogP contribution is -2.33. The third kappa shape index (κ3) is 3.04. The molecule has 1 amide bonds. The number of ether oxygens (including phenoxy) is 1. The molecule has 1 saturated heterocycles. The summed E-state index contributed by atoms with van der Waals surface area (Å²) < 4.78 is 6.93. The molecule has 0 saturated carbocycles. The van der Waals surface area contributed by atoms with Gasteiger partial charge in [-0.2, -0.15) is 0 Å². The van der Waals surface area contributed by atoms with Crippen LogP contribution >= 0.6 is 0 Å². The monoisotopic (exact) mass is 371 g/mol. The van der Waals surface area contributed by atoms with Crippen LogP contribution in [0, 0.1) is 0 Å². The Kier molecular flexibility index (Phi) is 4.54. The highest BCUT2D eigenvalue weighted by Crippen LogP contribution is 2.32. The summed E-state index contributed by atoms with van der Waals surface area (Å²) >= 11 is 0. The Morgan fingerprint density at radius 2 is 1.93 bits per heavy atom. The van der Waals surface area contributed by atoms with E-state index >= 15 is 0 Å². The van der Waals surface area contributed by atoms with Crippen LogP contribution in [0.3, 0.4) is 0 Å².